The van der Waals surface area contributed by atoms with E-state index in [-0.39, 0.29) is 71.0 Å². The summed E-state index contributed by atoms with van der Waals surface area (Å²) in [7, 11) is 1.56. The molecule has 4 saturated carbocycles. The lowest BCUT2D eigenvalue weighted by molar-refractivity contribution is -0.374. The standard InChI is InChI=1S/C58H94O25.C25H28O6/c1-23-44(80-47-40(69)34(63)27(60)21-74-47)38(67)42(71)48(76-23)79-33-13-14-55(7)30(54(33,5)6)12-15-56(8)31(55)11-10-25-26-18-53(3,4)16-17-58(26,32(62)19-57(25,56)9)52(73)83-51-46(35(64)28(61)22-75-51)82-49-43(72)39(68)45(24(2)77-49)81-50-41(70)37(66)36(65)29(20-59)78-50;1-24(2)9-8-16-20(30-24)7-6-14(23(16)29-5)11-18(26)17-10-15-12-22(28)25(3,4)31-21(15)13-19(17)27/h10,23-24,26-51,59-72H,11-22H2,1-9H3;6-10,13,22,27-28H,11-12H2,1-5H3. The molecule has 33 unspecified atom stereocenters. The zero-order valence-electron chi connectivity index (χ0n) is 67.5. The zero-order chi connectivity index (χ0) is 83.1. The van der Waals surface area contributed by atoms with Gasteiger partial charge in [-0.15, -0.1) is 0 Å². The molecule has 33 atom stereocenters. The molecule has 114 heavy (non-hydrogen) atoms. The molecule has 0 spiro atoms. The Morgan fingerprint density at radius 3 is 1.82 bits per heavy atom. The smallest absolute Gasteiger partial charge is 0.317 e. The first-order valence-electron chi connectivity index (χ1n) is 40.3. The Morgan fingerprint density at radius 2 is 1.18 bits per heavy atom. The number of methoxy groups -OCH3 is 1. The number of hydrogen-bond acceptors (Lipinski definition) is 31. The molecule has 7 heterocycles. The number of allylic oxidation sites excluding steroid dienone is 2. The average Bonchev–Trinajstić information content (AvgIpc) is 0.670. The molecule has 12 aliphatic rings. The van der Waals surface area contributed by atoms with E-state index < -0.39 is 212 Å². The lowest BCUT2D eigenvalue weighted by atomic mass is 9.33. The van der Waals surface area contributed by atoms with Gasteiger partial charge in [-0.3, -0.25) is 9.59 Å². The van der Waals surface area contributed by atoms with E-state index in [0.29, 0.717) is 60.5 Å². The number of phenols is 1. The molecule has 14 rings (SSSR count). The highest BCUT2D eigenvalue weighted by molar-refractivity contribution is 6.01. The van der Waals surface area contributed by atoms with E-state index in [9.17, 15) is 86.5 Å². The van der Waals surface area contributed by atoms with Gasteiger partial charge in [0, 0.05) is 24.5 Å². The molecule has 31 heteroatoms. The first kappa shape index (κ1) is 87.1. The number of fused-ring (bicyclic) bond motifs is 9. The molecule has 9 fully saturated rings. The Labute approximate surface area is 663 Å². The highest BCUT2D eigenvalue weighted by Crippen LogP contribution is 2.76. The van der Waals surface area contributed by atoms with Gasteiger partial charge in [-0.05, 0) is 174 Å². The summed E-state index contributed by atoms with van der Waals surface area (Å²) in [6.45, 7) is 24.7. The zero-order valence-corrected chi connectivity index (χ0v) is 67.5. The Bertz CT molecular complexity index is 3860. The van der Waals surface area contributed by atoms with Gasteiger partial charge in [-0.2, -0.15) is 0 Å². The summed E-state index contributed by atoms with van der Waals surface area (Å²) in [5.41, 5.74) is -1.06. The number of hydrogen-bond donors (Lipinski definition) is 16. The van der Waals surface area contributed by atoms with Crippen molar-refractivity contribution in [1.82, 2.24) is 0 Å². The molecule has 0 amide bonds. The van der Waals surface area contributed by atoms with Crippen LogP contribution in [0.15, 0.2) is 42.0 Å². The van der Waals surface area contributed by atoms with Gasteiger partial charge in [0.25, 0.3) is 0 Å². The third-order valence-corrected chi connectivity index (χ3v) is 28.6. The first-order valence-corrected chi connectivity index (χ1v) is 40.3. The Balaban J connectivity index is 0.000000304. The second-order valence-corrected chi connectivity index (χ2v) is 37.5. The van der Waals surface area contributed by atoms with E-state index in [0.717, 1.165) is 30.4 Å². The molecular formula is C83H122O31. The topological polar surface area (TPSA) is 478 Å². The van der Waals surface area contributed by atoms with Crippen LogP contribution in [-0.2, 0) is 65.0 Å². The van der Waals surface area contributed by atoms with E-state index in [4.69, 9.17) is 61.6 Å². The van der Waals surface area contributed by atoms with Crippen LogP contribution in [0.1, 0.15) is 175 Å². The van der Waals surface area contributed by atoms with Crippen LogP contribution in [0.5, 0.6) is 23.0 Å². The number of carbonyl (C=O) groups excluding carboxylic acids is 2. The van der Waals surface area contributed by atoms with Gasteiger partial charge in [-0.25, -0.2) is 0 Å². The minimum Gasteiger partial charge on any atom is -0.507 e. The van der Waals surface area contributed by atoms with Crippen molar-refractivity contribution in [3.8, 4) is 23.0 Å². The first-order chi connectivity index (χ1) is 53.3. The van der Waals surface area contributed by atoms with Gasteiger partial charge in [-0.1, -0.05) is 66.2 Å². The number of Topliss-reactive ketones (excluding diaryl/α,β-unsaturated/α-hetero) is 1. The predicted molar refractivity (Wildman–Crippen MR) is 399 cm³/mol. The normalized spacial score (nSPS) is 45.6. The molecule has 31 nitrogen and oxygen atoms in total. The Hall–Kier alpha value is -4.70. The Morgan fingerprint density at radius 1 is 0.579 bits per heavy atom. The van der Waals surface area contributed by atoms with Gasteiger partial charge < -0.3 is 143 Å². The maximum absolute atomic E-state index is 15.4. The summed E-state index contributed by atoms with van der Waals surface area (Å²) >= 11 is 0. The van der Waals surface area contributed by atoms with Crippen LogP contribution in [0.25, 0.3) is 6.08 Å². The summed E-state index contributed by atoms with van der Waals surface area (Å²) in [6, 6.07) is 6.72. The number of esters is 1. The van der Waals surface area contributed by atoms with Gasteiger partial charge in [0.2, 0.25) is 6.29 Å². The van der Waals surface area contributed by atoms with Crippen LogP contribution < -0.4 is 14.2 Å². The van der Waals surface area contributed by atoms with Crippen molar-refractivity contribution in [1.29, 1.82) is 0 Å². The SMILES string of the molecule is CC1OC(OC2CCC3(C)C(CCC4(C)C3CC=C3C5CC(C)(C)CCC5(C(=O)OC5OCC(O)C(O)C5OC5OC(C)C(OC6OC(CO)C(O)C(O)C6O)C(O)C5O)C(O)CC34C)C2(C)C)C(O)C(O)C1OC1OCC(O)C(O)C1O.COc1c(CC(=O)c2cc3c(cc2O)OC(C)(C)C(O)C3)ccc2c1C=CC(C)(C)O2. The molecule has 7 aliphatic heterocycles. The summed E-state index contributed by atoms with van der Waals surface area (Å²) in [4.78, 5) is 28.5. The van der Waals surface area contributed by atoms with Crippen molar-refractivity contribution in [3.63, 3.8) is 0 Å². The molecular weight excluding hydrogens is 1490 g/mol. The number of aliphatic hydroxyl groups is 15. The van der Waals surface area contributed by atoms with Crippen LogP contribution in [0.2, 0.25) is 0 Å². The third kappa shape index (κ3) is 15.3. The van der Waals surface area contributed by atoms with Crippen molar-refractivity contribution < 1.29 is 153 Å². The maximum atomic E-state index is 15.4. The lowest BCUT2D eigenvalue weighted by Gasteiger charge is -2.71. The summed E-state index contributed by atoms with van der Waals surface area (Å²) < 4.78 is 77.0. The number of aromatic hydroxyl groups is 1. The predicted octanol–water partition coefficient (Wildman–Crippen LogP) is 2.18. The van der Waals surface area contributed by atoms with E-state index in [2.05, 4.69) is 54.5 Å². The van der Waals surface area contributed by atoms with Crippen LogP contribution in [0.3, 0.4) is 0 Å². The largest absolute Gasteiger partial charge is 0.507 e. The number of phenolic OH excluding ortho intramolecular Hbond substituents is 1. The van der Waals surface area contributed by atoms with Crippen LogP contribution >= 0.6 is 0 Å². The molecule has 5 saturated heterocycles. The molecule has 2 aromatic rings. The quantitative estimate of drug-likeness (QED) is 0.0526. The second-order valence-electron chi connectivity index (χ2n) is 37.5. The van der Waals surface area contributed by atoms with Gasteiger partial charge >= 0.3 is 5.97 Å². The van der Waals surface area contributed by atoms with Crippen LogP contribution in [0, 0.1) is 50.2 Å². The van der Waals surface area contributed by atoms with Crippen molar-refractivity contribution in [2.75, 3.05) is 26.9 Å². The Kier molecular flexibility index (Phi) is 24.5. The van der Waals surface area contributed by atoms with Crippen molar-refractivity contribution >= 4 is 17.8 Å². The molecule has 640 valence electrons. The van der Waals surface area contributed by atoms with Gasteiger partial charge in [0.05, 0.1) is 68.6 Å². The number of ketones is 1. The number of rotatable bonds is 15. The fourth-order valence-corrected chi connectivity index (χ4v) is 21.5. The molecule has 16 N–H and O–H groups in total. The van der Waals surface area contributed by atoms with E-state index in [1.54, 1.807) is 33.9 Å². The maximum Gasteiger partial charge on any atom is 0.317 e. The molecule has 5 aliphatic carbocycles. The molecule has 0 radical (unpaired) electrons. The molecule has 0 bridgehead atoms. The van der Waals surface area contributed by atoms with Crippen LogP contribution in [0.4, 0.5) is 0 Å². The lowest BCUT2D eigenvalue weighted by Crippen LogP contribution is -2.68. The summed E-state index contributed by atoms with van der Waals surface area (Å²) in [6.07, 6.45) is -25.6. The van der Waals surface area contributed by atoms with Gasteiger partial charge in [0.15, 0.2) is 37.0 Å². The third-order valence-electron chi connectivity index (χ3n) is 28.6. The van der Waals surface area contributed by atoms with Crippen molar-refractivity contribution in [2.24, 2.45) is 50.2 Å². The molecule has 0 aromatic heterocycles. The minimum absolute atomic E-state index is 0.0505. The summed E-state index contributed by atoms with van der Waals surface area (Å²) in [5, 5.41) is 173. The fraction of sp³-hybridized carbons (Fsp3) is 0.783. The monoisotopic (exact) mass is 1610 g/mol. The molecule has 2 aromatic carbocycles. The average molecular weight is 1620 g/mol. The van der Waals surface area contributed by atoms with Crippen LogP contribution in [-0.4, -0.2) is 291 Å². The highest BCUT2D eigenvalue weighted by Gasteiger charge is 2.72. The minimum atomic E-state index is -1.93. The fourth-order valence-electron chi connectivity index (χ4n) is 21.5. The van der Waals surface area contributed by atoms with E-state index >= 15 is 4.79 Å². The van der Waals surface area contributed by atoms with Crippen molar-refractivity contribution in [3.05, 3.63) is 64.2 Å². The number of aliphatic hydroxyl groups excluding tert-OH is 15. The number of benzene rings is 2. The van der Waals surface area contributed by atoms with Gasteiger partial charge in [0.1, 0.15) is 131 Å². The second kappa shape index (κ2) is 32.0. The van der Waals surface area contributed by atoms with E-state index in [1.165, 1.54) is 13.0 Å². The van der Waals surface area contributed by atoms with E-state index in [1.807, 2.05) is 38.1 Å². The number of carbonyl (C=O) groups is 2. The number of ether oxygens (including phenoxy) is 13. The van der Waals surface area contributed by atoms with Crippen molar-refractivity contribution in [2.45, 2.75) is 331 Å². The summed E-state index contributed by atoms with van der Waals surface area (Å²) in [5.74, 6) is 0.372. The highest BCUT2D eigenvalue weighted by atomic mass is 16.8.